The zero-order chi connectivity index (χ0) is 12.4. The van der Waals surface area contributed by atoms with Crippen molar-refractivity contribution < 1.29 is 4.39 Å². The molecule has 0 radical (unpaired) electrons. The number of rotatable bonds is 3. The van der Waals surface area contributed by atoms with Gasteiger partial charge in [-0.3, -0.25) is 0 Å². The highest BCUT2D eigenvalue weighted by Gasteiger charge is 2.12. The van der Waals surface area contributed by atoms with E-state index in [2.05, 4.69) is 11.4 Å². The van der Waals surface area contributed by atoms with E-state index in [1.54, 1.807) is 12.1 Å². The summed E-state index contributed by atoms with van der Waals surface area (Å²) in [6.07, 6.45) is 0. The number of para-hydroxylation sites is 1. The van der Waals surface area contributed by atoms with Gasteiger partial charge in [-0.25, -0.2) is 4.39 Å². The van der Waals surface area contributed by atoms with Crippen LogP contribution in [0.5, 0.6) is 0 Å². The van der Waals surface area contributed by atoms with E-state index in [9.17, 15) is 4.39 Å². The molecule has 1 heterocycles. The second-order valence-electron chi connectivity index (χ2n) is 4.21. The number of nitrogens with one attached hydrogen (secondary N) is 1. The van der Waals surface area contributed by atoms with Gasteiger partial charge in [0.2, 0.25) is 0 Å². The van der Waals surface area contributed by atoms with Crippen molar-refractivity contribution in [2.45, 2.75) is 20.4 Å². The molecule has 0 fully saturated rings. The zero-order valence-corrected chi connectivity index (χ0v) is 10.4. The molecule has 2 nitrogen and oxygen atoms in total. The summed E-state index contributed by atoms with van der Waals surface area (Å²) in [7, 11) is 1.91. The summed E-state index contributed by atoms with van der Waals surface area (Å²) >= 11 is 0. The molecule has 0 amide bonds. The maximum atomic E-state index is 13.8. The second kappa shape index (κ2) is 4.72. The molecule has 1 N–H and O–H groups in total. The Morgan fingerprint density at radius 1 is 1.24 bits per heavy atom. The Kier molecular flexibility index (Phi) is 3.29. The highest BCUT2D eigenvalue weighted by molar-refractivity contribution is 5.41. The van der Waals surface area contributed by atoms with Crippen LogP contribution in [0.15, 0.2) is 30.3 Å². The molecule has 17 heavy (non-hydrogen) atoms. The Labute approximate surface area is 101 Å². The molecule has 2 aromatic rings. The van der Waals surface area contributed by atoms with Crippen LogP contribution in [-0.4, -0.2) is 11.6 Å². The van der Waals surface area contributed by atoms with Crippen LogP contribution in [0.3, 0.4) is 0 Å². The fourth-order valence-electron chi connectivity index (χ4n) is 2.20. The maximum absolute atomic E-state index is 13.8. The lowest BCUT2D eigenvalue weighted by molar-refractivity contribution is 0.615. The lowest BCUT2D eigenvalue weighted by Gasteiger charge is -2.10. The van der Waals surface area contributed by atoms with E-state index in [1.165, 1.54) is 11.6 Å². The Morgan fingerprint density at radius 2 is 1.94 bits per heavy atom. The molecular weight excluding hydrogens is 215 g/mol. The minimum atomic E-state index is -0.190. The van der Waals surface area contributed by atoms with Crippen LogP contribution in [0.2, 0.25) is 0 Å². The predicted octanol–water partition coefficient (Wildman–Crippen LogP) is 2.95. The van der Waals surface area contributed by atoms with Crippen LogP contribution in [0, 0.1) is 19.7 Å². The minimum absolute atomic E-state index is 0.190. The topological polar surface area (TPSA) is 17.0 Å². The van der Waals surface area contributed by atoms with Gasteiger partial charge in [0.25, 0.3) is 0 Å². The summed E-state index contributed by atoms with van der Waals surface area (Å²) in [6, 6.07) is 8.96. The third kappa shape index (κ3) is 2.11. The molecule has 90 valence electrons. The molecule has 3 heteroatoms. The lowest BCUT2D eigenvalue weighted by atomic mass is 10.2. The van der Waals surface area contributed by atoms with Crippen LogP contribution >= 0.6 is 0 Å². The van der Waals surface area contributed by atoms with Gasteiger partial charge >= 0.3 is 0 Å². The summed E-state index contributed by atoms with van der Waals surface area (Å²) in [5, 5.41) is 3.12. The molecular formula is C14H17FN2. The van der Waals surface area contributed by atoms with E-state index in [4.69, 9.17) is 0 Å². The molecule has 2 rings (SSSR count). The zero-order valence-electron chi connectivity index (χ0n) is 10.4. The van der Waals surface area contributed by atoms with Crippen molar-refractivity contribution in [1.29, 1.82) is 0 Å². The van der Waals surface area contributed by atoms with Gasteiger partial charge in [0.05, 0.1) is 5.69 Å². The van der Waals surface area contributed by atoms with Crippen molar-refractivity contribution in [2.24, 2.45) is 0 Å². The number of aromatic nitrogens is 1. The summed E-state index contributed by atoms with van der Waals surface area (Å²) in [4.78, 5) is 0. The van der Waals surface area contributed by atoms with Gasteiger partial charge < -0.3 is 9.88 Å². The molecule has 0 spiro atoms. The van der Waals surface area contributed by atoms with Gasteiger partial charge in [0.1, 0.15) is 5.82 Å². The Balaban J connectivity index is 2.56. The van der Waals surface area contributed by atoms with Crippen LogP contribution in [-0.2, 0) is 6.54 Å². The van der Waals surface area contributed by atoms with E-state index in [1.807, 2.05) is 31.5 Å². The van der Waals surface area contributed by atoms with Gasteiger partial charge in [-0.05, 0) is 44.7 Å². The van der Waals surface area contributed by atoms with Crippen molar-refractivity contribution in [2.75, 3.05) is 7.05 Å². The molecule has 0 saturated carbocycles. The number of halogens is 1. The number of hydrogen-bond acceptors (Lipinski definition) is 1. The fraction of sp³-hybridized carbons (Fsp3) is 0.286. The third-order valence-corrected chi connectivity index (χ3v) is 3.00. The monoisotopic (exact) mass is 232 g/mol. The highest BCUT2D eigenvalue weighted by atomic mass is 19.1. The molecule has 0 aliphatic heterocycles. The van der Waals surface area contributed by atoms with E-state index in [0.717, 1.165) is 17.9 Å². The summed E-state index contributed by atoms with van der Waals surface area (Å²) in [5.41, 5.74) is 3.96. The molecule has 0 aliphatic rings. The molecule has 0 atom stereocenters. The molecule has 0 bridgehead atoms. The molecule has 1 aromatic carbocycles. The first-order valence-corrected chi connectivity index (χ1v) is 5.72. The van der Waals surface area contributed by atoms with Crippen LogP contribution < -0.4 is 5.32 Å². The fourth-order valence-corrected chi connectivity index (χ4v) is 2.20. The SMILES string of the molecule is CNCc1cc(C)n(-c2ccccc2F)c1C. The van der Waals surface area contributed by atoms with Crippen LogP contribution in [0.4, 0.5) is 4.39 Å². The van der Waals surface area contributed by atoms with Gasteiger partial charge in [-0.15, -0.1) is 0 Å². The summed E-state index contributed by atoms with van der Waals surface area (Å²) in [6.45, 7) is 4.82. The Morgan fingerprint density at radius 3 is 2.59 bits per heavy atom. The van der Waals surface area contributed by atoms with Gasteiger partial charge in [0, 0.05) is 17.9 Å². The molecule has 0 aliphatic carbocycles. The minimum Gasteiger partial charge on any atom is -0.316 e. The van der Waals surface area contributed by atoms with Crippen molar-refractivity contribution in [3.05, 3.63) is 53.1 Å². The maximum Gasteiger partial charge on any atom is 0.147 e. The quantitative estimate of drug-likeness (QED) is 0.861. The number of nitrogens with zero attached hydrogens (tertiary/aromatic N) is 1. The summed E-state index contributed by atoms with van der Waals surface area (Å²) in [5.74, 6) is -0.190. The number of aryl methyl sites for hydroxylation is 1. The van der Waals surface area contributed by atoms with Gasteiger partial charge in [-0.1, -0.05) is 12.1 Å². The largest absolute Gasteiger partial charge is 0.316 e. The standard InChI is InChI=1S/C14H17FN2/c1-10-8-12(9-16-3)11(2)17(10)14-7-5-4-6-13(14)15/h4-8,16H,9H2,1-3H3. The average molecular weight is 232 g/mol. The summed E-state index contributed by atoms with van der Waals surface area (Å²) < 4.78 is 15.8. The first kappa shape index (κ1) is 11.9. The predicted molar refractivity (Wildman–Crippen MR) is 68.0 cm³/mol. The first-order valence-electron chi connectivity index (χ1n) is 5.72. The highest BCUT2D eigenvalue weighted by Crippen LogP contribution is 2.22. The molecule has 0 saturated heterocycles. The van der Waals surface area contributed by atoms with Crippen LogP contribution in [0.25, 0.3) is 5.69 Å². The van der Waals surface area contributed by atoms with Crippen LogP contribution in [0.1, 0.15) is 17.0 Å². The normalized spacial score (nSPS) is 10.8. The van der Waals surface area contributed by atoms with Crippen molar-refractivity contribution in [3.63, 3.8) is 0 Å². The van der Waals surface area contributed by atoms with Crippen molar-refractivity contribution in [1.82, 2.24) is 9.88 Å². The van der Waals surface area contributed by atoms with Crippen molar-refractivity contribution >= 4 is 0 Å². The first-order chi connectivity index (χ1) is 8.15. The Hall–Kier alpha value is -1.61. The molecule has 1 aromatic heterocycles. The lowest BCUT2D eigenvalue weighted by Crippen LogP contribution is -2.07. The van der Waals surface area contributed by atoms with E-state index in [0.29, 0.717) is 5.69 Å². The second-order valence-corrected chi connectivity index (χ2v) is 4.21. The van der Waals surface area contributed by atoms with E-state index in [-0.39, 0.29) is 5.82 Å². The smallest absolute Gasteiger partial charge is 0.147 e. The van der Waals surface area contributed by atoms with Crippen molar-refractivity contribution in [3.8, 4) is 5.69 Å². The van der Waals surface area contributed by atoms with E-state index >= 15 is 0 Å². The third-order valence-electron chi connectivity index (χ3n) is 3.00. The van der Waals surface area contributed by atoms with Gasteiger partial charge in [0.15, 0.2) is 0 Å². The average Bonchev–Trinajstić information content (AvgIpc) is 2.57. The van der Waals surface area contributed by atoms with Gasteiger partial charge in [-0.2, -0.15) is 0 Å². The number of hydrogen-bond donors (Lipinski definition) is 1. The Bertz CT molecular complexity index is 529. The van der Waals surface area contributed by atoms with E-state index < -0.39 is 0 Å². The molecule has 0 unspecified atom stereocenters. The number of benzene rings is 1.